The highest BCUT2D eigenvalue weighted by Gasteiger charge is 2.32. The molecule has 0 bridgehead atoms. The number of nitrogens with zero attached hydrogens (tertiary/aromatic N) is 2. The summed E-state index contributed by atoms with van der Waals surface area (Å²) >= 11 is 0. The number of urea groups is 1. The van der Waals surface area contributed by atoms with Gasteiger partial charge in [0.15, 0.2) is 0 Å². The van der Waals surface area contributed by atoms with Crippen LogP contribution in [0.5, 0.6) is 0 Å². The van der Waals surface area contributed by atoms with Gasteiger partial charge < -0.3 is 10.2 Å². The van der Waals surface area contributed by atoms with Gasteiger partial charge in [-0.05, 0) is 48.9 Å². The van der Waals surface area contributed by atoms with Crippen molar-refractivity contribution in [2.75, 3.05) is 26.2 Å². The van der Waals surface area contributed by atoms with E-state index in [1.54, 1.807) is 0 Å². The number of rotatable bonds is 5. The molecule has 2 heterocycles. The Morgan fingerprint density at radius 2 is 1.71 bits per heavy atom. The van der Waals surface area contributed by atoms with Crippen molar-refractivity contribution < 1.29 is 4.79 Å². The molecule has 1 aromatic rings. The van der Waals surface area contributed by atoms with E-state index in [2.05, 4.69) is 48.3 Å². The molecule has 1 aromatic carbocycles. The van der Waals surface area contributed by atoms with E-state index in [9.17, 15) is 4.79 Å². The summed E-state index contributed by atoms with van der Waals surface area (Å²) in [6.07, 6.45) is 4.04. The quantitative estimate of drug-likeness (QED) is 0.898. The zero-order chi connectivity index (χ0) is 16.9. The third-order valence-electron chi connectivity index (χ3n) is 5.46. The maximum atomic E-state index is 12.1. The van der Waals surface area contributed by atoms with Gasteiger partial charge in [0, 0.05) is 26.2 Å². The molecule has 1 N–H and O–H groups in total. The predicted molar refractivity (Wildman–Crippen MR) is 97.7 cm³/mol. The van der Waals surface area contributed by atoms with Gasteiger partial charge in [-0.2, -0.15) is 0 Å². The number of benzene rings is 1. The maximum absolute atomic E-state index is 12.1. The van der Waals surface area contributed by atoms with Crippen LogP contribution in [0, 0.1) is 11.8 Å². The van der Waals surface area contributed by atoms with E-state index in [-0.39, 0.29) is 6.03 Å². The van der Waals surface area contributed by atoms with Crippen LogP contribution in [0.4, 0.5) is 4.79 Å². The van der Waals surface area contributed by atoms with Gasteiger partial charge in [0.1, 0.15) is 0 Å². The lowest BCUT2D eigenvalue weighted by Crippen LogP contribution is -2.55. The average Bonchev–Trinajstić information content (AvgIpc) is 2.53. The number of carbonyl (C=O) groups is 1. The lowest BCUT2D eigenvalue weighted by molar-refractivity contribution is 0.0939. The van der Waals surface area contributed by atoms with E-state index in [1.165, 1.54) is 43.5 Å². The first kappa shape index (κ1) is 17.3. The molecule has 0 aliphatic carbocycles. The molecule has 4 heteroatoms. The first-order valence-corrected chi connectivity index (χ1v) is 9.45. The van der Waals surface area contributed by atoms with E-state index >= 15 is 0 Å². The number of hydrogen-bond acceptors (Lipinski definition) is 2. The Balaban J connectivity index is 1.40. The van der Waals surface area contributed by atoms with Gasteiger partial charge in [-0.1, -0.05) is 44.5 Å². The third-order valence-corrected chi connectivity index (χ3v) is 5.46. The lowest BCUT2D eigenvalue weighted by atomic mass is 9.89. The second kappa shape index (κ2) is 8.02. The molecular formula is C20H31N3O. The molecule has 2 aliphatic heterocycles. The highest BCUT2D eigenvalue weighted by molar-refractivity contribution is 5.75. The highest BCUT2D eigenvalue weighted by atomic mass is 16.2. The Labute approximate surface area is 146 Å². The van der Waals surface area contributed by atoms with Gasteiger partial charge in [-0.15, -0.1) is 0 Å². The number of hydrogen-bond donors (Lipinski definition) is 1. The van der Waals surface area contributed by atoms with Crippen molar-refractivity contribution in [2.24, 2.45) is 11.8 Å². The summed E-state index contributed by atoms with van der Waals surface area (Å²) in [7, 11) is 0. The fourth-order valence-corrected chi connectivity index (χ4v) is 3.53. The van der Waals surface area contributed by atoms with Gasteiger partial charge in [0.2, 0.25) is 0 Å². The number of piperidine rings is 1. The predicted octanol–water partition coefficient (Wildman–Crippen LogP) is 3.47. The van der Waals surface area contributed by atoms with Crippen molar-refractivity contribution in [3.63, 3.8) is 0 Å². The van der Waals surface area contributed by atoms with Crippen molar-refractivity contribution in [2.45, 2.75) is 46.2 Å². The summed E-state index contributed by atoms with van der Waals surface area (Å²) in [5, 5.41) is 3.04. The number of amides is 2. The van der Waals surface area contributed by atoms with Gasteiger partial charge in [-0.25, -0.2) is 4.79 Å². The monoisotopic (exact) mass is 329 g/mol. The van der Waals surface area contributed by atoms with Gasteiger partial charge >= 0.3 is 6.03 Å². The molecule has 0 spiro atoms. The number of carbonyl (C=O) groups excluding carboxylic acids is 1. The molecule has 2 aliphatic rings. The smallest absolute Gasteiger partial charge is 0.317 e. The van der Waals surface area contributed by atoms with Crippen molar-refractivity contribution in [1.82, 2.24) is 15.1 Å². The largest absolute Gasteiger partial charge is 0.334 e. The fraction of sp³-hybridized carbons (Fsp3) is 0.650. The summed E-state index contributed by atoms with van der Waals surface area (Å²) in [6.45, 7) is 10.4. The maximum Gasteiger partial charge on any atom is 0.317 e. The molecule has 132 valence electrons. The third kappa shape index (κ3) is 4.50. The topological polar surface area (TPSA) is 35.6 Å². The van der Waals surface area contributed by atoms with Crippen LogP contribution >= 0.6 is 0 Å². The van der Waals surface area contributed by atoms with E-state index in [1.807, 2.05) is 4.90 Å². The van der Waals surface area contributed by atoms with Crippen molar-refractivity contribution in [3.8, 4) is 0 Å². The standard InChI is InChI=1S/C20H31N3O/c1-16(2)19-14-23(15-19)20(24)21-12-17-6-8-18(9-7-17)13-22-10-4-3-5-11-22/h6-9,16,19H,3-5,10-15H2,1-2H3,(H,21,24). The summed E-state index contributed by atoms with van der Waals surface area (Å²) in [4.78, 5) is 16.6. The van der Waals surface area contributed by atoms with E-state index in [0.717, 1.165) is 19.6 Å². The fourth-order valence-electron chi connectivity index (χ4n) is 3.53. The molecule has 0 radical (unpaired) electrons. The Hall–Kier alpha value is -1.55. The SMILES string of the molecule is CC(C)C1CN(C(=O)NCc2ccc(CN3CCCCC3)cc2)C1. The normalized spacial score (nSPS) is 19.4. The summed E-state index contributed by atoms with van der Waals surface area (Å²) in [6, 6.07) is 8.77. The summed E-state index contributed by atoms with van der Waals surface area (Å²) < 4.78 is 0. The first-order chi connectivity index (χ1) is 11.6. The second-order valence-corrected chi connectivity index (χ2v) is 7.72. The van der Waals surface area contributed by atoms with E-state index in [0.29, 0.717) is 18.4 Å². The molecule has 4 nitrogen and oxygen atoms in total. The van der Waals surface area contributed by atoms with Crippen LogP contribution in [0.1, 0.15) is 44.2 Å². The van der Waals surface area contributed by atoms with Crippen molar-refractivity contribution in [3.05, 3.63) is 35.4 Å². The van der Waals surface area contributed by atoms with E-state index in [4.69, 9.17) is 0 Å². The Morgan fingerprint density at radius 3 is 2.33 bits per heavy atom. The van der Waals surface area contributed by atoms with Crippen LogP contribution in [0.2, 0.25) is 0 Å². The van der Waals surface area contributed by atoms with Crippen molar-refractivity contribution >= 4 is 6.03 Å². The molecular weight excluding hydrogens is 298 g/mol. The minimum Gasteiger partial charge on any atom is -0.334 e. The number of likely N-dealkylation sites (tertiary alicyclic amines) is 2. The van der Waals surface area contributed by atoms with Crippen LogP contribution in [0.25, 0.3) is 0 Å². The average molecular weight is 329 g/mol. The second-order valence-electron chi connectivity index (χ2n) is 7.72. The molecule has 2 amide bonds. The molecule has 0 atom stereocenters. The van der Waals surface area contributed by atoms with Crippen molar-refractivity contribution in [1.29, 1.82) is 0 Å². The molecule has 24 heavy (non-hydrogen) atoms. The van der Waals surface area contributed by atoms with Gasteiger partial charge in [0.05, 0.1) is 0 Å². The van der Waals surface area contributed by atoms with Crippen LogP contribution in [0.15, 0.2) is 24.3 Å². The molecule has 0 aromatic heterocycles. The Kier molecular flexibility index (Phi) is 5.77. The molecule has 2 fully saturated rings. The summed E-state index contributed by atoms with van der Waals surface area (Å²) in [5.74, 6) is 1.34. The van der Waals surface area contributed by atoms with E-state index < -0.39 is 0 Å². The molecule has 0 unspecified atom stereocenters. The van der Waals surface area contributed by atoms with Crippen LogP contribution in [-0.2, 0) is 13.1 Å². The van der Waals surface area contributed by atoms with Crippen LogP contribution in [-0.4, -0.2) is 42.0 Å². The molecule has 0 saturated carbocycles. The minimum absolute atomic E-state index is 0.0734. The van der Waals surface area contributed by atoms with Crippen LogP contribution < -0.4 is 5.32 Å². The Bertz CT molecular complexity index is 528. The minimum atomic E-state index is 0.0734. The molecule has 2 saturated heterocycles. The number of nitrogens with one attached hydrogen (secondary N) is 1. The van der Waals surface area contributed by atoms with Gasteiger partial charge in [0.25, 0.3) is 0 Å². The summed E-state index contributed by atoms with van der Waals surface area (Å²) in [5.41, 5.74) is 2.54. The van der Waals surface area contributed by atoms with Crippen LogP contribution in [0.3, 0.4) is 0 Å². The molecule has 3 rings (SSSR count). The Morgan fingerprint density at radius 1 is 1.08 bits per heavy atom. The first-order valence-electron chi connectivity index (χ1n) is 9.45. The van der Waals surface area contributed by atoms with Gasteiger partial charge in [-0.3, -0.25) is 4.90 Å². The zero-order valence-corrected chi connectivity index (χ0v) is 15.1. The lowest BCUT2D eigenvalue weighted by Gasteiger charge is -2.41. The zero-order valence-electron chi connectivity index (χ0n) is 15.1. The highest BCUT2D eigenvalue weighted by Crippen LogP contribution is 2.23.